The number of carbonyl (C=O) groups excluding carboxylic acids is 1. The van der Waals surface area contributed by atoms with E-state index in [1.807, 2.05) is 24.3 Å². The van der Waals surface area contributed by atoms with Crippen LogP contribution in [0.5, 0.6) is 0 Å². The summed E-state index contributed by atoms with van der Waals surface area (Å²) in [7, 11) is -3.40. The van der Waals surface area contributed by atoms with Crippen molar-refractivity contribution in [3.05, 3.63) is 77.1 Å². The average molecular weight is 585 g/mol. The van der Waals surface area contributed by atoms with Gasteiger partial charge in [-0.1, -0.05) is 26.0 Å². The van der Waals surface area contributed by atoms with Gasteiger partial charge in [-0.15, -0.1) is 0 Å². The maximum Gasteiger partial charge on any atom is 0.251 e. The molecule has 4 aromatic rings. The molecule has 0 radical (unpaired) electrons. The smallest absolute Gasteiger partial charge is 0.251 e. The molecule has 0 aliphatic carbocycles. The number of aromatic nitrogens is 3. The molecule has 218 valence electrons. The number of hydrogen-bond donors (Lipinski definition) is 1. The quantitative estimate of drug-likeness (QED) is 0.349. The number of nitrogens with one attached hydrogen (secondary N) is 1. The summed E-state index contributed by atoms with van der Waals surface area (Å²) < 4.78 is 25.6. The van der Waals surface area contributed by atoms with E-state index in [-0.39, 0.29) is 12.5 Å². The van der Waals surface area contributed by atoms with E-state index >= 15 is 0 Å². The number of amides is 1. The molecule has 3 aromatic heterocycles. The largest absolute Gasteiger partial charge is 0.356 e. The molecule has 1 N–H and O–H groups in total. The zero-order valence-corrected chi connectivity index (χ0v) is 25.3. The summed E-state index contributed by atoms with van der Waals surface area (Å²) in [5, 5.41) is 3.82. The minimum absolute atomic E-state index is 0.214. The van der Waals surface area contributed by atoms with Crippen LogP contribution in [-0.2, 0) is 23.0 Å². The minimum atomic E-state index is -3.40. The Morgan fingerprint density at radius 2 is 1.81 bits per heavy atom. The van der Waals surface area contributed by atoms with E-state index in [4.69, 9.17) is 9.97 Å². The number of anilines is 2. The third kappa shape index (κ3) is 5.68. The number of carbonyl (C=O) groups is 1. The van der Waals surface area contributed by atoms with Crippen molar-refractivity contribution in [2.75, 3.05) is 35.1 Å². The van der Waals surface area contributed by atoms with Crippen LogP contribution >= 0.6 is 0 Å². The molecule has 1 saturated heterocycles. The third-order valence-electron chi connectivity index (χ3n) is 8.18. The zero-order chi connectivity index (χ0) is 29.6. The van der Waals surface area contributed by atoms with Crippen molar-refractivity contribution in [3.63, 3.8) is 0 Å². The number of rotatable bonds is 6. The van der Waals surface area contributed by atoms with Gasteiger partial charge in [0.05, 0.1) is 41.1 Å². The van der Waals surface area contributed by atoms with Crippen LogP contribution in [0.3, 0.4) is 0 Å². The van der Waals surface area contributed by atoms with Crippen LogP contribution in [0.1, 0.15) is 47.4 Å². The Balaban J connectivity index is 1.21. The van der Waals surface area contributed by atoms with Gasteiger partial charge in [0, 0.05) is 36.8 Å². The number of aryl methyl sites for hydroxylation is 1. The van der Waals surface area contributed by atoms with Crippen LogP contribution in [0, 0.1) is 18.8 Å². The van der Waals surface area contributed by atoms with Crippen LogP contribution < -0.4 is 14.5 Å². The lowest BCUT2D eigenvalue weighted by molar-refractivity contribution is 0.0950. The van der Waals surface area contributed by atoms with Gasteiger partial charge >= 0.3 is 0 Å². The molecule has 2 aliphatic rings. The lowest BCUT2D eigenvalue weighted by Crippen LogP contribution is -2.39. The van der Waals surface area contributed by atoms with Crippen molar-refractivity contribution in [1.29, 1.82) is 0 Å². The van der Waals surface area contributed by atoms with Gasteiger partial charge in [0.15, 0.2) is 0 Å². The van der Waals surface area contributed by atoms with Crippen LogP contribution in [0.25, 0.3) is 22.3 Å². The first-order valence-electron chi connectivity index (χ1n) is 14.4. The molecule has 5 heterocycles. The first-order valence-corrected chi connectivity index (χ1v) is 16.3. The standard InChI is InChI=1S/C32H36N6O3S/c1-20-13-21(2)19-37(18-20)30-10-5-22(3)31(36-30)27-9-8-25-16-33-26(15-28(25)35-27)17-34-32(39)24-7-6-23-11-12-38(29(23)14-24)42(4,40)41/h5-10,14-16,20-21H,11-13,17-19H2,1-4H3,(H,34,39)/t20-,21+. The average Bonchev–Trinajstić information content (AvgIpc) is 3.39. The Hall–Kier alpha value is -4.05. The molecule has 0 unspecified atom stereocenters. The number of fused-ring (bicyclic) bond motifs is 2. The predicted molar refractivity (Wildman–Crippen MR) is 166 cm³/mol. The maximum atomic E-state index is 13.0. The number of piperidine rings is 1. The van der Waals surface area contributed by atoms with E-state index in [1.54, 1.807) is 18.3 Å². The molecular weight excluding hydrogens is 548 g/mol. The molecule has 2 aliphatic heterocycles. The van der Waals surface area contributed by atoms with E-state index in [2.05, 4.69) is 48.1 Å². The van der Waals surface area contributed by atoms with Crippen LogP contribution in [0.15, 0.2) is 54.7 Å². The topological polar surface area (TPSA) is 108 Å². The van der Waals surface area contributed by atoms with Crippen molar-refractivity contribution >= 4 is 38.3 Å². The van der Waals surface area contributed by atoms with E-state index in [9.17, 15) is 13.2 Å². The van der Waals surface area contributed by atoms with Gasteiger partial charge in [0.2, 0.25) is 10.0 Å². The highest BCUT2D eigenvalue weighted by molar-refractivity contribution is 7.92. The number of benzene rings is 1. The second-order valence-corrected chi connectivity index (χ2v) is 13.8. The number of sulfonamides is 1. The van der Waals surface area contributed by atoms with Crippen molar-refractivity contribution in [2.24, 2.45) is 11.8 Å². The van der Waals surface area contributed by atoms with Crippen LogP contribution in [0.4, 0.5) is 11.5 Å². The number of hydrogen-bond acceptors (Lipinski definition) is 7. The van der Waals surface area contributed by atoms with Gasteiger partial charge in [-0.3, -0.25) is 14.1 Å². The molecule has 10 heteroatoms. The van der Waals surface area contributed by atoms with Crippen molar-refractivity contribution < 1.29 is 13.2 Å². The van der Waals surface area contributed by atoms with Crippen molar-refractivity contribution in [1.82, 2.24) is 20.3 Å². The predicted octanol–water partition coefficient (Wildman–Crippen LogP) is 4.73. The minimum Gasteiger partial charge on any atom is -0.356 e. The highest BCUT2D eigenvalue weighted by Gasteiger charge is 2.27. The fourth-order valence-corrected chi connectivity index (χ4v) is 7.15. The Bertz CT molecular complexity index is 1780. The summed E-state index contributed by atoms with van der Waals surface area (Å²) >= 11 is 0. The Morgan fingerprint density at radius 3 is 2.57 bits per heavy atom. The maximum absolute atomic E-state index is 13.0. The number of pyridine rings is 3. The molecule has 1 amide bonds. The van der Waals surface area contributed by atoms with Crippen molar-refractivity contribution in [3.8, 4) is 11.4 Å². The van der Waals surface area contributed by atoms with Gasteiger partial charge in [0.25, 0.3) is 5.91 Å². The fraction of sp³-hybridized carbons (Fsp3) is 0.375. The summed E-state index contributed by atoms with van der Waals surface area (Å²) in [6.45, 7) is 9.28. The van der Waals surface area contributed by atoms with E-state index in [0.717, 1.165) is 52.3 Å². The van der Waals surface area contributed by atoms with Gasteiger partial charge in [-0.2, -0.15) is 0 Å². The second-order valence-electron chi connectivity index (χ2n) is 11.9. The lowest BCUT2D eigenvalue weighted by atomic mass is 9.92. The SMILES string of the molecule is Cc1ccc(N2C[C@H](C)C[C@H](C)C2)nc1-c1ccc2cnc(CNC(=O)c3ccc4c(c3)N(S(C)(=O)=O)CC4)cc2n1. The molecule has 0 bridgehead atoms. The summed E-state index contributed by atoms with van der Waals surface area (Å²) in [5.41, 5.74) is 6.09. The van der Waals surface area contributed by atoms with E-state index in [0.29, 0.717) is 41.7 Å². The Kier molecular flexibility index (Phi) is 7.34. The van der Waals surface area contributed by atoms with Gasteiger partial charge in [-0.25, -0.2) is 18.4 Å². The highest BCUT2D eigenvalue weighted by Crippen LogP contribution is 2.31. The van der Waals surface area contributed by atoms with Gasteiger partial charge in [-0.05, 0) is 79.1 Å². The summed E-state index contributed by atoms with van der Waals surface area (Å²) in [6.07, 6.45) is 4.83. The molecule has 6 rings (SSSR count). The highest BCUT2D eigenvalue weighted by atomic mass is 32.2. The molecule has 2 atom stereocenters. The summed E-state index contributed by atoms with van der Waals surface area (Å²) in [5.74, 6) is 1.96. The molecule has 42 heavy (non-hydrogen) atoms. The molecule has 0 spiro atoms. The molecule has 1 fully saturated rings. The lowest BCUT2D eigenvalue weighted by Gasteiger charge is -2.36. The number of nitrogens with zero attached hydrogens (tertiary/aromatic N) is 5. The third-order valence-corrected chi connectivity index (χ3v) is 9.36. The van der Waals surface area contributed by atoms with Crippen LogP contribution in [-0.4, -0.2) is 55.2 Å². The van der Waals surface area contributed by atoms with Gasteiger partial charge < -0.3 is 10.2 Å². The van der Waals surface area contributed by atoms with Crippen molar-refractivity contribution in [2.45, 2.75) is 40.2 Å². The first-order chi connectivity index (χ1) is 20.0. The molecular formula is C32H36N6O3S. The second kappa shape index (κ2) is 11.0. The molecule has 1 aromatic carbocycles. The van der Waals surface area contributed by atoms with E-state index < -0.39 is 10.0 Å². The summed E-state index contributed by atoms with van der Waals surface area (Å²) in [4.78, 5) is 29.9. The Morgan fingerprint density at radius 1 is 1.02 bits per heavy atom. The van der Waals surface area contributed by atoms with Gasteiger partial charge in [0.1, 0.15) is 5.82 Å². The first kappa shape index (κ1) is 28.1. The fourth-order valence-electron chi connectivity index (χ4n) is 6.20. The molecule has 9 nitrogen and oxygen atoms in total. The zero-order valence-electron chi connectivity index (χ0n) is 24.5. The Labute approximate surface area is 247 Å². The van der Waals surface area contributed by atoms with E-state index in [1.165, 1.54) is 17.0 Å². The van der Waals surface area contributed by atoms with Crippen LogP contribution in [0.2, 0.25) is 0 Å². The molecule has 0 saturated carbocycles. The normalized spacial score (nSPS) is 18.8. The summed E-state index contributed by atoms with van der Waals surface area (Å²) in [6, 6.07) is 15.3. The monoisotopic (exact) mass is 584 g/mol.